The van der Waals surface area contributed by atoms with E-state index in [-0.39, 0.29) is 10.6 Å². The van der Waals surface area contributed by atoms with Crippen molar-refractivity contribution in [3.05, 3.63) is 46.0 Å². The predicted molar refractivity (Wildman–Crippen MR) is 77.8 cm³/mol. The molecule has 1 aromatic rings. The fourth-order valence-corrected chi connectivity index (χ4v) is 2.91. The normalized spacial score (nSPS) is 23.3. The molecule has 1 aliphatic rings. The zero-order valence-electron chi connectivity index (χ0n) is 11.8. The molecule has 3 nitrogen and oxygen atoms in total. The summed E-state index contributed by atoms with van der Waals surface area (Å²) in [7, 11) is 0. The molecule has 19 heavy (non-hydrogen) atoms. The standard InChI is InChI=1S/C16H21NO2/c1-11(2)15-8-7-12(3)9-16(15)13-5-4-6-14(10-13)17(18)19/h4-6,9-12,15H,7-8H2,1-3H3/t12-,15+/m1/s1. The predicted octanol–water partition coefficient (Wildman–Crippen LogP) is 4.68. The highest BCUT2D eigenvalue weighted by Gasteiger charge is 2.25. The first-order chi connectivity index (χ1) is 8.99. The molecular formula is C16H21NO2. The van der Waals surface area contributed by atoms with Crippen LogP contribution in [-0.4, -0.2) is 4.92 Å². The number of nitro benzene ring substituents is 1. The summed E-state index contributed by atoms with van der Waals surface area (Å²) in [5.41, 5.74) is 2.48. The van der Waals surface area contributed by atoms with Crippen molar-refractivity contribution in [2.24, 2.45) is 17.8 Å². The molecule has 0 bridgehead atoms. The first-order valence-electron chi connectivity index (χ1n) is 6.95. The average Bonchev–Trinajstić information content (AvgIpc) is 2.38. The van der Waals surface area contributed by atoms with Crippen LogP contribution in [0.1, 0.15) is 39.2 Å². The van der Waals surface area contributed by atoms with Crippen molar-refractivity contribution in [2.75, 3.05) is 0 Å². The lowest BCUT2D eigenvalue weighted by Crippen LogP contribution is -2.17. The number of non-ortho nitro benzene ring substituents is 1. The molecule has 0 heterocycles. The van der Waals surface area contributed by atoms with Crippen LogP contribution in [0.15, 0.2) is 30.3 Å². The van der Waals surface area contributed by atoms with Crippen molar-refractivity contribution in [1.29, 1.82) is 0 Å². The van der Waals surface area contributed by atoms with E-state index in [2.05, 4.69) is 26.8 Å². The Balaban J connectivity index is 2.42. The summed E-state index contributed by atoms with van der Waals surface area (Å²) in [5.74, 6) is 1.64. The van der Waals surface area contributed by atoms with E-state index in [9.17, 15) is 10.1 Å². The number of nitrogens with zero attached hydrogens (tertiary/aromatic N) is 1. The molecule has 3 heteroatoms. The number of hydrogen-bond donors (Lipinski definition) is 0. The van der Waals surface area contributed by atoms with Crippen LogP contribution in [0.25, 0.3) is 5.57 Å². The van der Waals surface area contributed by atoms with E-state index in [0.29, 0.717) is 17.8 Å². The lowest BCUT2D eigenvalue weighted by molar-refractivity contribution is -0.384. The van der Waals surface area contributed by atoms with Crippen LogP contribution in [0.5, 0.6) is 0 Å². The molecule has 1 aliphatic carbocycles. The van der Waals surface area contributed by atoms with E-state index in [0.717, 1.165) is 5.56 Å². The number of rotatable bonds is 3. The molecule has 0 amide bonds. The molecule has 0 fully saturated rings. The van der Waals surface area contributed by atoms with Crippen molar-refractivity contribution in [3.8, 4) is 0 Å². The average molecular weight is 259 g/mol. The summed E-state index contributed by atoms with van der Waals surface area (Å²) in [4.78, 5) is 10.6. The maximum atomic E-state index is 10.9. The van der Waals surface area contributed by atoms with Gasteiger partial charge in [-0.15, -0.1) is 0 Å². The Morgan fingerprint density at radius 2 is 2.05 bits per heavy atom. The molecule has 0 saturated carbocycles. The minimum absolute atomic E-state index is 0.180. The Labute approximate surface area is 114 Å². The summed E-state index contributed by atoms with van der Waals surface area (Å²) in [6, 6.07) is 7.04. The molecule has 0 unspecified atom stereocenters. The minimum Gasteiger partial charge on any atom is -0.258 e. The highest BCUT2D eigenvalue weighted by atomic mass is 16.6. The molecule has 0 aliphatic heterocycles. The summed E-state index contributed by atoms with van der Waals surface area (Å²) in [5, 5.41) is 10.9. The lowest BCUT2D eigenvalue weighted by atomic mass is 9.75. The Kier molecular flexibility index (Phi) is 4.03. The maximum Gasteiger partial charge on any atom is 0.270 e. The van der Waals surface area contributed by atoms with Gasteiger partial charge in [-0.3, -0.25) is 10.1 Å². The zero-order chi connectivity index (χ0) is 14.0. The van der Waals surface area contributed by atoms with E-state index in [1.165, 1.54) is 18.4 Å². The van der Waals surface area contributed by atoms with Crippen LogP contribution >= 0.6 is 0 Å². The Hall–Kier alpha value is -1.64. The lowest BCUT2D eigenvalue weighted by Gasteiger charge is -2.30. The zero-order valence-corrected chi connectivity index (χ0v) is 11.8. The van der Waals surface area contributed by atoms with Crippen LogP contribution in [-0.2, 0) is 0 Å². The summed E-state index contributed by atoms with van der Waals surface area (Å²) < 4.78 is 0. The van der Waals surface area contributed by atoms with Crippen molar-refractivity contribution >= 4 is 11.3 Å². The first-order valence-corrected chi connectivity index (χ1v) is 6.95. The summed E-state index contributed by atoms with van der Waals surface area (Å²) in [6.45, 7) is 6.67. The first kappa shape index (κ1) is 13.8. The van der Waals surface area contributed by atoms with Gasteiger partial charge in [-0.05, 0) is 41.7 Å². The fourth-order valence-electron chi connectivity index (χ4n) is 2.91. The SMILES string of the molecule is CC(C)[C@@H]1CC[C@@H](C)C=C1c1cccc([N+](=O)[O-])c1. The molecule has 0 spiro atoms. The van der Waals surface area contributed by atoms with Gasteiger partial charge < -0.3 is 0 Å². The van der Waals surface area contributed by atoms with Gasteiger partial charge in [-0.25, -0.2) is 0 Å². The summed E-state index contributed by atoms with van der Waals surface area (Å²) in [6.07, 6.45) is 4.68. The van der Waals surface area contributed by atoms with E-state index >= 15 is 0 Å². The molecule has 2 atom stereocenters. The Morgan fingerprint density at radius 1 is 1.32 bits per heavy atom. The molecule has 0 N–H and O–H groups in total. The largest absolute Gasteiger partial charge is 0.270 e. The van der Waals surface area contributed by atoms with Gasteiger partial charge in [0.2, 0.25) is 0 Å². The van der Waals surface area contributed by atoms with Crippen molar-refractivity contribution in [3.63, 3.8) is 0 Å². The van der Waals surface area contributed by atoms with Crippen LogP contribution < -0.4 is 0 Å². The van der Waals surface area contributed by atoms with Crippen molar-refractivity contribution < 1.29 is 4.92 Å². The van der Waals surface area contributed by atoms with Crippen LogP contribution in [0.3, 0.4) is 0 Å². The van der Waals surface area contributed by atoms with Gasteiger partial charge in [0.05, 0.1) is 4.92 Å². The third-order valence-corrected chi connectivity index (χ3v) is 3.99. The molecule has 2 rings (SSSR count). The number of benzene rings is 1. The Bertz CT molecular complexity index is 505. The van der Waals surface area contributed by atoms with Gasteiger partial charge >= 0.3 is 0 Å². The minimum atomic E-state index is -0.319. The fraction of sp³-hybridized carbons (Fsp3) is 0.500. The van der Waals surface area contributed by atoms with E-state index in [1.807, 2.05) is 6.07 Å². The van der Waals surface area contributed by atoms with Gasteiger partial charge in [0, 0.05) is 12.1 Å². The highest BCUT2D eigenvalue weighted by molar-refractivity contribution is 5.70. The van der Waals surface area contributed by atoms with Gasteiger partial charge in [0.1, 0.15) is 0 Å². The summed E-state index contributed by atoms with van der Waals surface area (Å²) >= 11 is 0. The smallest absolute Gasteiger partial charge is 0.258 e. The van der Waals surface area contributed by atoms with Gasteiger partial charge in [0.25, 0.3) is 5.69 Å². The van der Waals surface area contributed by atoms with E-state index in [1.54, 1.807) is 18.2 Å². The monoisotopic (exact) mass is 259 g/mol. The Morgan fingerprint density at radius 3 is 2.68 bits per heavy atom. The second kappa shape index (κ2) is 5.55. The molecule has 0 aromatic heterocycles. The van der Waals surface area contributed by atoms with Crippen LogP contribution in [0.2, 0.25) is 0 Å². The number of nitro groups is 1. The molecular weight excluding hydrogens is 238 g/mol. The van der Waals surface area contributed by atoms with Gasteiger partial charge in [-0.2, -0.15) is 0 Å². The van der Waals surface area contributed by atoms with E-state index in [4.69, 9.17) is 0 Å². The molecule has 1 aromatic carbocycles. The van der Waals surface area contributed by atoms with Crippen molar-refractivity contribution in [2.45, 2.75) is 33.6 Å². The maximum absolute atomic E-state index is 10.9. The quantitative estimate of drug-likeness (QED) is 0.584. The molecule has 102 valence electrons. The van der Waals surface area contributed by atoms with Crippen LogP contribution in [0.4, 0.5) is 5.69 Å². The van der Waals surface area contributed by atoms with Gasteiger partial charge in [-0.1, -0.05) is 39.0 Å². The third kappa shape index (κ3) is 3.03. The second-order valence-corrected chi connectivity index (χ2v) is 5.83. The molecule has 0 saturated heterocycles. The van der Waals surface area contributed by atoms with Crippen molar-refractivity contribution in [1.82, 2.24) is 0 Å². The number of allylic oxidation sites excluding steroid dienone is 2. The topological polar surface area (TPSA) is 43.1 Å². The van der Waals surface area contributed by atoms with Gasteiger partial charge in [0.15, 0.2) is 0 Å². The van der Waals surface area contributed by atoms with Crippen LogP contribution in [0, 0.1) is 27.9 Å². The highest BCUT2D eigenvalue weighted by Crippen LogP contribution is 2.39. The third-order valence-electron chi connectivity index (χ3n) is 3.99. The molecule has 0 radical (unpaired) electrons. The second-order valence-electron chi connectivity index (χ2n) is 5.83. The van der Waals surface area contributed by atoms with E-state index < -0.39 is 0 Å². The number of hydrogen-bond acceptors (Lipinski definition) is 2.